The lowest BCUT2D eigenvalue weighted by Crippen LogP contribution is -2.12. The third-order valence-electron chi connectivity index (χ3n) is 3.07. The average Bonchev–Trinajstić information content (AvgIpc) is 2.86. The lowest BCUT2D eigenvalue weighted by Gasteiger charge is -2.04. The molecule has 0 radical (unpaired) electrons. The van der Waals surface area contributed by atoms with Gasteiger partial charge >= 0.3 is 0 Å². The Kier molecular flexibility index (Phi) is 3.27. The van der Waals surface area contributed by atoms with Gasteiger partial charge in [0.25, 0.3) is 5.91 Å². The summed E-state index contributed by atoms with van der Waals surface area (Å²) >= 11 is 5.60. The molecule has 0 aliphatic carbocycles. The van der Waals surface area contributed by atoms with Crippen LogP contribution in [0.2, 0.25) is 5.02 Å². The minimum Gasteiger partial charge on any atom is -0.399 e. The SMILES string of the molecule is Nc1ccc2[nH]c(C(=O)Nc3ccc(Cl)c(F)c3)cc2c1. The van der Waals surface area contributed by atoms with E-state index in [4.69, 9.17) is 17.3 Å². The van der Waals surface area contributed by atoms with Gasteiger partial charge in [-0.05, 0) is 42.5 Å². The van der Waals surface area contributed by atoms with Crippen LogP contribution in [0, 0.1) is 5.82 Å². The van der Waals surface area contributed by atoms with Gasteiger partial charge in [-0.15, -0.1) is 0 Å². The number of nitrogen functional groups attached to an aromatic ring is 1. The number of nitrogens with two attached hydrogens (primary N) is 1. The van der Waals surface area contributed by atoms with Crippen LogP contribution in [0.4, 0.5) is 15.8 Å². The molecule has 1 aromatic heterocycles. The number of hydrogen-bond acceptors (Lipinski definition) is 2. The summed E-state index contributed by atoms with van der Waals surface area (Å²) in [5, 5.41) is 3.45. The fraction of sp³-hybridized carbons (Fsp3) is 0. The van der Waals surface area contributed by atoms with Crippen molar-refractivity contribution in [2.45, 2.75) is 0 Å². The van der Waals surface area contributed by atoms with Gasteiger partial charge in [-0.2, -0.15) is 0 Å². The molecule has 0 saturated heterocycles. The number of aromatic amines is 1. The Morgan fingerprint density at radius 2 is 2.00 bits per heavy atom. The van der Waals surface area contributed by atoms with Gasteiger partial charge in [0, 0.05) is 22.3 Å². The predicted octanol–water partition coefficient (Wildman–Crippen LogP) is 3.79. The van der Waals surface area contributed by atoms with Crippen LogP contribution in [0.3, 0.4) is 0 Å². The molecule has 0 fully saturated rings. The molecule has 3 rings (SSSR count). The van der Waals surface area contributed by atoms with Gasteiger partial charge < -0.3 is 16.0 Å². The Morgan fingerprint density at radius 1 is 1.19 bits per heavy atom. The van der Waals surface area contributed by atoms with E-state index in [1.54, 1.807) is 24.3 Å². The summed E-state index contributed by atoms with van der Waals surface area (Å²) in [5.41, 5.74) is 7.82. The summed E-state index contributed by atoms with van der Waals surface area (Å²) in [4.78, 5) is 15.1. The first-order valence-corrected chi connectivity index (χ1v) is 6.55. The standard InChI is InChI=1S/C15H11ClFN3O/c16-11-3-2-10(7-12(11)17)19-15(21)14-6-8-5-9(18)1-4-13(8)20-14/h1-7,20H,18H2,(H,19,21). The Hall–Kier alpha value is -2.53. The molecule has 1 amide bonds. The van der Waals surface area contributed by atoms with E-state index in [1.165, 1.54) is 18.2 Å². The summed E-state index contributed by atoms with van der Waals surface area (Å²) in [7, 11) is 0. The second-order valence-corrected chi connectivity index (χ2v) is 5.02. The summed E-state index contributed by atoms with van der Waals surface area (Å²) in [6, 6.07) is 11.1. The molecule has 21 heavy (non-hydrogen) atoms. The fourth-order valence-electron chi connectivity index (χ4n) is 2.05. The maximum absolute atomic E-state index is 13.3. The molecule has 6 heteroatoms. The highest BCUT2D eigenvalue weighted by molar-refractivity contribution is 6.30. The number of fused-ring (bicyclic) bond motifs is 1. The van der Waals surface area contributed by atoms with E-state index in [2.05, 4.69) is 10.3 Å². The van der Waals surface area contributed by atoms with Crippen molar-refractivity contribution in [3.8, 4) is 0 Å². The quantitative estimate of drug-likeness (QED) is 0.630. The van der Waals surface area contributed by atoms with Gasteiger partial charge in [0.15, 0.2) is 0 Å². The number of amides is 1. The van der Waals surface area contributed by atoms with Crippen molar-refractivity contribution < 1.29 is 9.18 Å². The van der Waals surface area contributed by atoms with Crippen LogP contribution in [0.25, 0.3) is 10.9 Å². The predicted molar refractivity (Wildman–Crippen MR) is 82.1 cm³/mol. The summed E-state index contributed by atoms with van der Waals surface area (Å²) in [6.07, 6.45) is 0. The van der Waals surface area contributed by atoms with E-state index in [0.717, 1.165) is 10.9 Å². The number of carbonyl (C=O) groups excluding carboxylic acids is 1. The minimum atomic E-state index is -0.584. The topological polar surface area (TPSA) is 70.9 Å². The van der Waals surface area contributed by atoms with E-state index in [1.807, 2.05) is 0 Å². The van der Waals surface area contributed by atoms with Gasteiger partial charge in [0.05, 0.1) is 5.02 Å². The van der Waals surface area contributed by atoms with E-state index in [9.17, 15) is 9.18 Å². The lowest BCUT2D eigenvalue weighted by atomic mass is 10.2. The van der Waals surface area contributed by atoms with Gasteiger partial charge in [0.2, 0.25) is 0 Å². The molecule has 0 spiro atoms. The van der Waals surface area contributed by atoms with E-state index < -0.39 is 5.82 Å². The van der Waals surface area contributed by atoms with Crippen LogP contribution in [0.1, 0.15) is 10.5 Å². The molecule has 0 unspecified atom stereocenters. The molecule has 3 aromatic rings. The van der Waals surface area contributed by atoms with Crippen molar-refractivity contribution in [3.63, 3.8) is 0 Å². The Bertz CT molecular complexity index is 844. The molecule has 4 N–H and O–H groups in total. The number of aromatic nitrogens is 1. The highest BCUT2D eigenvalue weighted by Crippen LogP contribution is 2.21. The van der Waals surface area contributed by atoms with Gasteiger partial charge in [-0.3, -0.25) is 4.79 Å². The molecule has 0 aliphatic rings. The van der Waals surface area contributed by atoms with Crippen molar-refractivity contribution >= 4 is 39.8 Å². The van der Waals surface area contributed by atoms with Gasteiger partial charge in [-0.1, -0.05) is 11.6 Å². The Balaban J connectivity index is 1.87. The number of H-pyrrole nitrogens is 1. The monoisotopic (exact) mass is 303 g/mol. The zero-order chi connectivity index (χ0) is 15.0. The van der Waals surface area contributed by atoms with Crippen molar-refractivity contribution in [1.29, 1.82) is 0 Å². The third-order valence-corrected chi connectivity index (χ3v) is 3.37. The number of rotatable bonds is 2. The van der Waals surface area contributed by atoms with Crippen molar-refractivity contribution in [3.05, 3.63) is 59.0 Å². The number of carbonyl (C=O) groups is 1. The highest BCUT2D eigenvalue weighted by Gasteiger charge is 2.11. The molecule has 106 valence electrons. The molecular formula is C15H11ClFN3O. The van der Waals surface area contributed by atoms with Crippen LogP contribution < -0.4 is 11.1 Å². The maximum Gasteiger partial charge on any atom is 0.272 e. The van der Waals surface area contributed by atoms with Crippen molar-refractivity contribution in [2.75, 3.05) is 11.1 Å². The van der Waals surface area contributed by atoms with E-state index in [0.29, 0.717) is 17.1 Å². The molecule has 1 heterocycles. The van der Waals surface area contributed by atoms with Crippen LogP contribution in [-0.4, -0.2) is 10.9 Å². The maximum atomic E-state index is 13.3. The second kappa shape index (κ2) is 5.10. The van der Waals surface area contributed by atoms with Crippen LogP contribution in [0.5, 0.6) is 0 Å². The number of benzene rings is 2. The summed E-state index contributed by atoms with van der Waals surface area (Å²) < 4.78 is 13.3. The molecular weight excluding hydrogens is 293 g/mol. The third kappa shape index (κ3) is 2.68. The minimum absolute atomic E-state index is 0.00841. The van der Waals surface area contributed by atoms with E-state index in [-0.39, 0.29) is 10.9 Å². The smallest absolute Gasteiger partial charge is 0.272 e. The lowest BCUT2D eigenvalue weighted by molar-refractivity contribution is 0.102. The first kappa shape index (κ1) is 13.5. The number of nitrogens with one attached hydrogen (secondary N) is 2. The number of hydrogen-bond donors (Lipinski definition) is 3. The average molecular weight is 304 g/mol. The zero-order valence-corrected chi connectivity index (χ0v) is 11.5. The zero-order valence-electron chi connectivity index (χ0n) is 10.8. The van der Waals surface area contributed by atoms with Crippen molar-refractivity contribution in [1.82, 2.24) is 4.98 Å². The summed E-state index contributed by atoms with van der Waals surface area (Å²) in [5.74, 6) is -0.953. The normalized spacial score (nSPS) is 10.8. The molecule has 4 nitrogen and oxygen atoms in total. The van der Waals surface area contributed by atoms with E-state index >= 15 is 0 Å². The Morgan fingerprint density at radius 3 is 2.76 bits per heavy atom. The van der Waals surface area contributed by atoms with Crippen LogP contribution in [0.15, 0.2) is 42.5 Å². The fourth-order valence-corrected chi connectivity index (χ4v) is 2.16. The first-order valence-electron chi connectivity index (χ1n) is 6.17. The number of halogens is 2. The molecule has 2 aromatic carbocycles. The molecule has 0 aliphatic heterocycles. The first-order chi connectivity index (χ1) is 10.0. The molecule has 0 saturated carbocycles. The summed E-state index contributed by atoms with van der Waals surface area (Å²) in [6.45, 7) is 0. The van der Waals surface area contributed by atoms with Crippen LogP contribution in [-0.2, 0) is 0 Å². The second-order valence-electron chi connectivity index (χ2n) is 4.61. The number of anilines is 2. The van der Waals surface area contributed by atoms with Gasteiger partial charge in [0.1, 0.15) is 11.5 Å². The largest absolute Gasteiger partial charge is 0.399 e. The van der Waals surface area contributed by atoms with Crippen LogP contribution >= 0.6 is 11.6 Å². The Labute approximate surface area is 124 Å². The highest BCUT2D eigenvalue weighted by atomic mass is 35.5. The van der Waals surface area contributed by atoms with Crippen molar-refractivity contribution in [2.24, 2.45) is 0 Å². The molecule has 0 bridgehead atoms. The molecule has 0 atom stereocenters. The van der Waals surface area contributed by atoms with Gasteiger partial charge in [-0.25, -0.2) is 4.39 Å².